The lowest BCUT2D eigenvalue weighted by molar-refractivity contribution is -0.132. The van der Waals surface area contributed by atoms with Gasteiger partial charge in [-0.1, -0.05) is 38.1 Å². The molecule has 3 aromatic rings. The van der Waals surface area contributed by atoms with Gasteiger partial charge in [0.1, 0.15) is 17.3 Å². The third-order valence-electron chi connectivity index (χ3n) is 6.28. The molecule has 1 unspecified atom stereocenters. The molecule has 1 saturated heterocycles. The predicted octanol–water partition coefficient (Wildman–Crippen LogP) is 5.08. The van der Waals surface area contributed by atoms with Crippen molar-refractivity contribution in [2.24, 2.45) is 5.92 Å². The molecule has 0 radical (unpaired) electrons. The Balaban J connectivity index is 1.97. The number of anilines is 1. The van der Waals surface area contributed by atoms with Crippen molar-refractivity contribution >= 4 is 23.1 Å². The SMILES string of the molecule is COc1cc(C2/C(=C(\O)c3cccc(OCC(C)C)c3)C(=O)C(=O)N2c2ccccc2O)cc(OC)c1OC. The largest absolute Gasteiger partial charge is 0.507 e. The van der Waals surface area contributed by atoms with Gasteiger partial charge in [0.25, 0.3) is 11.7 Å². The number of hydrogen-bond acceptors (Lipinski definition) is 8. The molecule has 39 heavy (non-hydrogen) atoms. The van der Waals surface area contributed by atoms with Crippen LogP contribution in [0.4, 0.5) is 5.69 Å². The zero-order valence-electron chi connectivity index (χ0n) is 22.4. The van der Waals surface area contributed by atoms with E-state index in [0.717, 1.165) is 4.90 Å². The van der Waals surface area contributed by atoms with E-state index in [-0.39, 0.29) is 28.7 Å². The molecule has 0 aromatic heterocycles. The molecule has 0 aliphatic carbocycles. The summed E-state index contributed by atoms with van der Waals surface area (Å²) < 4.78 is 22.2. The van der Waals surface area contributed by atoms with Gasteiger partial charge >= 0.3 is 0 Å². The van der Waals surface area contributed by atoms with Gasteiger partial charge < -0.3 is 29.2 Å². The number of phenols is 1. The fourth-order valence-electron chi connectivity index (χ4n) is 4.48. The van der Waals surface area contributed by atoms with Crippen molar-refractivity contribution in [2.75, 3.05) is 32.8 Å². The van der Waals surface area contributed by atoms with Crippen LogP contribution < -0.4 is 23.8 Å². The maximum Gasteiger partial charge on any atom is 0.300 e. The first-order valence-electron chi connectivity index (χ1n) is 12.3. The van der Waals surface area contributed by atoms with E-state index in [1.54, 1.807) is 48.5 Å². The Morgan fingerprint density at radius 3 is 2.18 bits per heavy atom. The average Bonchev–Trinajstić information content (AvgIpc) is 3.20. The third-order valence-corrected chi connectivity index (χ3v) is 6.28. The van der Waals surface area contributed by atoms with E-state index in [0.29, 0.717) is 40.7 Å². The highest BCUT2D eigenvalue weighted by molar-refractivity contribution is 6.52. The van der Waals surface area contributed by atoms with Crippen LogP contribution in [-0.4, -0.2) is 49.8 Å². The maximum atomic E-state index is 13.5. The smallest absolute Gasteiger partial charge is 0.300 e. The summed E-state index contributed by atoms with van der Waals surface area (Å²) in [7, 11) is 4.36. The van der Waals surface area contributed by atoms with Crippen LogP contribution in [0.15, 0.2) is 66.2 Å². The molecule has 9 heteroatoms. The standard InChI is InChI=1S/C30H31NO8/c1-17(2)16-39-20-10-8-9-18(13-20)27(33)25-26(19-14-23(36-3)29(38-5)24(15-19)37-4)31(30(35)28(25)34)21-11-6-7-12-22(21)32/h6-15,17,26,32-33H,16H2,1-5H3/b27-25+. The number of para-hydroxylation sites is 2. The number of carbonyl (C=O) groups excluding carboxylic acids is 2. The number of carbonyl (C=O) groups is 2. The molecule has 1 heterocycles. The first-order chi connectivity index (χ1) is 18.7. The van der Waals surface area contributed by atoms with Crippen LogP contribution in [0, 0.1) is 5.92 Å². The number of nitrogens with zero attached hydrogens (tertiary/aromatic N) is 1. The second-order valence-corrected chi connectivity index (χ2v) is 9.35. The van der Waals surface area contributed by atoms with Crippen molar-refractivity contribution in [2.45, 2.75) is 19.9 Å². The molecule has 1 aliphatic heterocycles. The number of methoxy groups -OCH3 is 3. The van der Waals surface area contributed by atoms with E-state index >= 15 is 0 Å². The Labute approximate surface area is 226 Å². The Bertz CT molecular complexity index is 1400. The summed E-state index contributed by atoms with van der Waals surface area (Å²) in [6.45, 7) is 4.50. The van der Waals surface area contributed by atoms with Gasteiger partial charge in [0.05, 0.1) is 45.2 Å². The number of benzene rings is 3. The minimum absolute atomic E-state index is 0.103. The van der Waals surface area contributed by atoms with Crippen LogP contribution in [0.2, 0.25) is 0 Å². The number of aliphatic hydroxyl groups is 1. The van der Waals surface area contributed by atoms with E-state index in [1.807, 2.05) is 13.8 Å². The number of aromatic hydroxyl groups is 1. The Morgan fingerprint density at radius 1 is 0.923 bits per heavy atom. The Kier molecular flexibility index (Phi) is 7.99. The molecule has 1 amide bonds. The zero-order valence-corrected chi connectivity index (χ0v) is 22.4. The summed E-state index contributed by atoms with van der Waals surface area (Å²) in [4.78, 5) is 28.1. The van der Waals surface area contributed by atoms with Crippen LogP contribution in [0.25, 0.3) is 5.76 Å². The van der Waals surface area contributed by atoms with Gasteiger partial charge in [0.15, 0.2) is 11.5 Å². The predicted molar refractivity (Wildman–Crippen MR) is 146 cm³/mol. The van der Waals surface area contributed by atoms with Gasteiger partial charge in [-0.25, -0.2) is 0 Å². The maximum absolute atomic E-state index is 13.5. The van der Waals surface area contributed by atoms with Crippen LogP contribution in [-0.2, 0) is 9.59 Å². The van der Waals surface area contributed by atoms with Crippen molar-refractivity contribution < 1.29 is 38.7 Å². The van der Waals surface area contributed by atoms with Gasteiger partial charge in [-0.05, 0) is 47.9 Å². The number of hydrogen-bond donors (Lipinski definition) is 2. The second kappa shape index (κ2) is 11.4. The number of phenolic OH excluding ortho intramolecular Hbond substituents is 1. The lowest BCUT2D eigenvalue weighted by atomic mass is 9.94. The normalized spacial score (nSPS) is 16.5. The highest BCUT2D eigenvalue weighted by atomic mass is 16.5. The van der Waals surface area contributed by atoms with Gasteiger partial charge in [0, 0.05) is 5.56 Å². The van der Waals surface area contributed by atoms with Gasteiger partial charge in [0.2, 0.25) is 5.75 Å². The number of amides is 1. The highest BCUT2D eigenvalue weighted by Gasteiger charge is 2.48. The number of ketones is 1. The van der Waals surface area contributed by atoms with E-state index in [9.17, 15) is 19.8 Å². The number of ether oxygens (including phenoxy) is 4. The molecular weight excluding hydrogens is 502 g/mol. The van der Waals surface area contributed by atoms with E-state index in [1.165, 1.54) is 33.5 Å². The summed E-state index contributed by atoms with van der Waals surface area (Å²) in [6.07, 6.45) is 0. The molecule has 0 spiro atoms. The summed E-state index contributed by atoms with van der Waals surface area (Å²) in [6, 6.07) is 14.9. The summed E-state index contributed by atoms with van der Waals surface area (Å²) in [5.41, 5.74) is 0.620. The third kappa shape index (κ3) is 5.20. The second-order valence-electron chi connectivity index (χ2n) is 9.35. The molecule has 1 fully saturated rings. The van der Waals surface area contributed by atoms with E-state index < -0.39 is 17.7 Å². The van der Waals surface area contributed by atoms with Crippen molar-refractivity contribution in [3.8, 4) is 28.7 Å². The van der Waals surface area contributed by atoms with Crippen molar-refractivity contribution in [1.29, 1.82) is 0 Å². The molecule has 204 valence electrons. The molecule has 1 aliphatic rings. The van der Waals surface area contributed by atoms with Crippen LogP contribution in [0.3, 0.4) is 0 Å². The molecule has 9 nitrogen and oxygen atoms in total. The number of Topliss-reactive ketones (excluding diaryl/α,β-unsaturated/α-hetero) is 1. The van der Waals surface area contributed by atoms with Crippen molar-refractivity contribution in [3.05, 3.63) is 77.4 Å². The van der Waals surface area contributed by atoms with Gasteiger partial charge in [-0.2, -0.15) is 0 Å². The minimum atomic E-state index is -1.13. The first-order valence-corrected chi connectivity index (χ1v) is 12.3. The molecule has 4 rings (SSSR count). The Morgan fingerprint density at radius 2 is 1.59 bits per heavy atom. The van der Waals surface area contributed by atoms with Crippen molar-refractivity contribution in [1.82, 2.24) is 0 Å². The zero-order chi connectivity index (χ0) is 28.3. The molecule has 0 saturated carbocycles. The Hall–Kier alpha value is -4.66. The average molecular weight is 534 g/mol. The molecule has 1 atom stereocenters. The number of rotatable bonds is 9. The topological polar surface area (TPSA) is 115 Å². The highest BCUT2D eigenvalue weighted by Crippen LogP contribution is 2.48. The van der Waals surface area contributed by atoms with Gasteiger partial charge in [-0.15, -0.1) is 0 Å². The summed E-state index contributed by atoms with van der Waals surface area (Å²) >= 11 is 0. The van der Waals surface area contributed by atoms with Crippen molar-refractivity contribution in [3.63, 3.8) is 0 Å². The molecule has 0 bridgehead atoms. The lowest BCUT2D eigenvalue weighted by Crippen LogP contribution is -2.29. The quantitative estimate of drug-likeness (QED) is 0.222. The van der Waals surface area contributed by atoms with Gasteiger partial charge in [-0.3, -0.25) is 14.5 Å². The van der Waals surface area contributed by atoms with Crippen LogP contribution >= 0.6 is 0 Å². The summed E-state index contributed by atoms with van der Waals surface area (Å²) in [5, 5.41) is 22.1. The fourth-order valence-corrected chi connectivity index (χ4v) is 4.48. The van der Waals surface area contributed by atoms with Crippen LogP contribution in [0.1, 0.15) is 31.0 Å². The first kappa shape index (κ1) is 27.4. The lowest BCUT2D eigenvalue weighted by Gasteiger charge is -2.27. The monoisotopic (exact) mass is 533 g/mol. The summed E-state index contributed by atoms with van der Waals surface area (Å²) in [5.74, 6) is -0.734. The molecule has 2 N–H and O–H groups in total. The number of aliphatic hydroxyl groups excluding tert-OH is 1. The minimum Gasteiger partial charge on any atom is -0.507 e. The van der Waals surface area contributed by atoms with Crippen LogP contribution in [0.5, 0.6) is 28.7 Å². The molecule has 3 aromatic carbocycles. The van der Waals surface area contributed by atoms with E-state index in [4.69, 9.17) is 18.9 Å². The fraction of sp³-hybridized carbons (Fsp3) is 0.267. The molecular formula is C30H31NO8. The van der Waals surface area contributed by atoms with E-state index in [2.05, 4.69) is 0 Å².